The maximum atomic E-state index is 13.2. The second-order valence-electron chi connectivity index (χ2n) is 9.82. The molecule has 10 nitrogen and oxygen atoms in total. The van der Waals surface area contributed by atoms with E-state index < -0.39 is 12.0 Å². The summed E-state index contributed by atoms with van der Waals surface area (Å²) in [4.78, 5) is 51.3. The van der Waals surface area contributed by atoms with Crippen LogP contribution in [0.15, 0.2) is 71.7 Å². The summed E-state index contributed by atoms with van der Waals surface area (Å²) in [5.41, 5.74) is 9.53. The number of nitrogens with zero attached hydrogens (tertiary/aromatic N) is 1. The summed E-state index contributed by atoms with van der Waals surface area (Å²) in [5, 5.41) is 5.71. The van der Waals surface area contributed by atoms with Crippen LogP contribution in [0.4, 0.5) is 16.2 Å². The van der Waals surface area contributed by atoms with Crippen molar-refractivity contribution < 1.29 is 28.9 Å². The minimum absolute atomic E-state index is 0.0469. The molecule has 3 rings (SSSR count). The van der Waals surface area contributed by atoms with Gasteiger partial charge in [0, 0.05) is 16.7 Å². The van der Waals surface area contributed by atoms with Crippen LogP contribution in [0, 0.1) is 0 Å². The minimum Gasteiger partial charge on any atom is -0.448 e. The van der Waals surface area contributed by atoms with E-state index in [1.165, 1.54) is 13.2 Å². The summed E-state index contributed by atoms with van der Waals surface area (Å²) >= 11 is 0. The maximum absolute atomic E-state index is 13.2. The Morgan fingerprint density at radius 1 is 0.850 bits per heavy atom. The standard InChI is InChI=1S/C30H34N4O6/c1-6-39-29(37)34-26(31)21-8-7-9-22(17-21)28(36)32-24-15-10-19(18-40-38-5)16-25(24)33-27(35)20-11-13-23(14-12-20)30(2,3)4/h7-17H,6,18H2,1-5H3,(H,32,36)(H,33,35)(H2,31,34,37). The highest BCUT2D eigenvalue weighted by atomic mass is 17.2. The Morgan fingerprint density at radius 2 is 1.50 bits per heavy atom. The summed E-state index contributed by atoms with van der Waals surface area (Å²) in [7, 11) is 1.40. The van der Waals surface area contributed by atoms with Crippen molar-refractivity contribution in [3.8, 4) is 0 Å². The number of hydrogen-bond acceptors (Lipinski definition) is 6. The lowest BCUT2D eigenvalue weighted by Gasteiger charge is -2.19. The largest absolute Gasteiger partial charge is 0.448 e. The van der Waals surface area contributed by atoms with Gasteiger partial charge in [0.1, 0.15) is 12.4 Å². The number of carbonyl (C=O) groups is 3. The smallest absolute Gasteiger partial charge is 0.435 e. The normalized spacial score (nSPS) is 11.6. The number of nitrogens with one attached hydrogen (secondary N) is 2. The average Bonchev–Trinajstić information content (AvgIpc) is 2.92. The van der Waals surface area contributed by atoms with Gasteiger partial charge in [-0.2, -0.15) is 4.99 Å². The van der Waals surface area contributed by atoms with E-state index in [1.54, 1.807) is 55.5 Å². The molecule has 3 aromatic rings. The fraction of sp³-hybridized carbons (Fsp3) is 0.267. The Kier molecular flexibility index (Phi) is 10.1. The first-order valence-corrected chi connectivity index (χ1v) is 12.6. The van der Waals surface area contributed by atoms with Crippen LogP contribution in [0.25, 0.3) is 0 Å². The van der Waals surface area contributed by atoms with Gasteiger partial charge in [-0.1, -0.05) is 51.1 Å². The molecule has 0 aromatic heterocycles. The summed E-state index contributed by atoms with van der Waals surface area (Å²) in [6.45, 7) is 8.25. The van der Waals surface area contributed by atoms with E-state index in [0.717, 1.165) is 5.56 Å². The van der Waals surface area contributed by atoms with Gasteiger partial charge in [0.25, 0.3) is 11.8 Å². The van der Waals surface area contributed by atoms with E-state index in [-0.39, 0.29) is 35.9 Å². The molecule has 40 heavy (non-hydrogen) atoms. The van der Waals surface area contributed by atoms with Gasteiger partial charge in [-0.25, -0.2) is 14.6 Å². The SMILES string of the molecule is CCOC(=O)/N=C(\N)c1cccc(C(=O)Nc2ccc(COOC)cc2NC(=O)c2ccc(C(C)(C)C)cc2)c1. The van der Waals surface area contributed by atoms with Crippen molar-refractivity contribution in [2.24, 2.45) is 10.7 Å². The van der Waals surface area contributed by atoms with Crippen LogP contribution >= 0.6 is 0 Å². The molecule has 0 saturated carbocycles. The van der Waals surface area contributed by atoms with Crippen LogP contribution in [-0.2, 0) is 26.5 Å². The molecule has 0 unspecified atom stereocenters. The Labute approximate surface area is 233 Å². The van der Waals surface area contributed by atoms with E-state index in [9.17, 15) is 14.4 Å². The third kappa shape index (κ3) is 8.23. The zero-order valence-corrected chi connectivity index (χ0v) is 23.2. The van der Waals surface area contributed by atoms with E-state index in [4.69, 9.17) is 15.4 Å². The molecule has 3 aromatic carbocycles. The van der Waals surface area contributed by atoms with Crippen LogP contribution in [0.5, 0.6) is 0 Å². The number of carbonyl (C=O) groups excluding carboxylic acids is 3. The summed E-state index contributed by atoms with van der Waals surface area (Å²) < 4.78 is 4.79. The molecule has 0 aliphatic heterocycles. The summed E-state index contributed by atoms with van der Waals surface area (Å²) in [6.07, 6.45) is -0.819. The number of nitrogens with two attached hydrogens (primary N) is 1. The summed E-state index contributed by atoms with van der Waals surface area (Å²) in [6, 6.07) is 18.8. The number of hydrogen-bond donors (Lipinski definition) is 3. The van der Waals surface area contributed by atoms with Crippen LogP contribution < -0.4 is 16.4 Å². The Bertz CT molecular complexity index is 1390. The lowest BCUT2D eigenvalue weighted by molar-refractivity contribution is -0.282. The molecule has 0 aliphatic rings. The monoisotopic (exact) mass is 546 g/mol. The molecule has 0 aliphatic carbocycles. The first kappa shape index (κ1) is 30.0. The molecule has 4 N–H and O–H groups in total. The Balaban J connectivity index is 1.86. The zero-order chi connectivity index (χ0) is 29.3. The van der Waals surface area contributed by atoms with Gasteiger partial charge in [0.15, 0.2) is 0 Å². The van der Waals surface area contributed by atoms with Crippen LogP contribution in [0.1, 0.15) is 65.1 Å². The maximum Gasteiger partial charge on any atom is 0.435 e. The molecule has 0 spiro atoms. The minimum atomic E-state index is -0.819. The van der Waals surface area contributed by atoms with Gasteiger partial charge in [-0.05, 0) is 59.9 Å². The van der Waals surface area contributed by atoms with Crippen molar-refractivity contribution in [3.05, 3.63) is 94.5 Å². The van der Waals surface area contributed by atoms with Crippen LogP contribution in [-0.4, -0.2) is 37.5 Å². The predicted molar refractivity (Wildman–Crippen MR) is 153 cm³/mol. The zero-order valence-electron chi connectivity index (χ0n) is 23.2. The van der Waals surface area contributed by atoms with Crippen molar-refractivity contribution in [2.45, 2.75) is 39.7 Å². The number of ether oxygens (including phenoxy) is 1. The predicted octanol–water partition coefficient (Wildman–Crippen LogP) is 5.43. The first-order valence-electron chi connectivity index (χ1n) is 12.6. The number of aliphatic imine (C=N–C) groups is 1. The van der Waals surface area contributed by atoms with Crippen molar-refractivity contribution in [1.29, 1.82) is 0 Å². The highest BCUT2D eigenvalue weighted by molar-refractivity contribution is 6.11. The van der Waals surface area contributed by atoms with Crippen molar-refractivity contribution in [3.63, 3.8) is 0 Å². The van der Waals surface area contributed by atoms with E-state index >= 15 is 0 Å². The van der Waals surface area contributed by atoms with Gasteiger partial charge in [0.05, 0.1) is 25.1 Å². The Hall–Kier alpha value is -4.54. The number of rotatable bonds is 9. The third-order valence-corrected chi connectivity index (χ3v) is 5.84. The van der Waals surface area contributed by atoms with Crippen molar-refractivity contribution in [1.82, 2.24) is 0 Å². The molecule has 3 amide bonds. The Morgan fingerprint density at radius 3 is 2.15 bits per heavy atom. The molecule has 210 valence electrons. The number of amidine groups is 1. The summed E-state index contributed by atoms with van der Waals surface area (Å²) in [5.74, 6) is -0.886. The van der Waals surface area contributed by atoms with E-state index in [0.29, 0.717) is 28.1 Å². The molecule has 0 saturated heterocycles. The van der Waals surface area contributed by atoms with E-state index in [1.807, 2.05) is 12.1 Å². The molecular weight excluding hydrogens is 512 g/mol. The van der Waals surface area contributed by atoms with Crippen molar-refractivity contribution in [2.75, 3.05) is 24.4 Å². The van der Waals surface area contributed by atoms with Crippen LogP contribution in [0.2, 0.25) is 0 Å². The highest BCUT2D eigenvalue weighted by Gasteiger charge is 2.17. The van der Waals surface area contributed by atoms with Gasteiger partial charge in [-0.15, -0.1) is 0 Å². The lowest BCUT2D eigenvalue weighted by Crippen LogP contribution is -2.19. The van der Waals surface area contributed by atoms with Gasteiger partial charge in [0.2, 0.25) is 0 Å². The number of benzene rings is 3. The molecule has 0 bridgehead atoms. The van der Waals surface area contributed by atoms with Gasteiger partial charge in [-0.3, -0.25) is 9.59 Å². The van der Waals surface area contributed by atoms with Gasteiger partial charge < -0.3 is 21.1 Å². The topological polar surface area (TPSA) is 141 Å². The molecule has 10 heteroatoms. The second-order valence-corrected chi connectivity index (χ2v) is 9.82. The van der Waals surface area contributed by atoms with E-state index in [2.05, 4.69) is 41.3 Å². The number of anilines is 2. The fourth-order valence-corrected chi connectivity index (χ4v) is 3.67. The second kappa shape index (κ2) is 13.5. The molecule has 0 radical (unpaired) electrons. The average molecular weight is 547 g/mol. The number of amides is 3. The first-order chi connectivity index (χ1) is 19.0. The molecule has 0 atom stereocenters. The third-order valence-electron chi connectivity index (χ3n) is 5.84. The lowest BCUT2D eigenvalue weighted by atomic mass is 9.87. The molecule has 0 heterocycles. The quantitative estimate of drug-likeness (QED) is 0.141. The van der Waals surface area contributed by atoms with Gasteiger partial charge >= 0.3 is 6.09 Å². The fourth-order valence-electron chi connectivity index (χ4n) is 3.67. The molecular formula is C30H34N4O6. The highest BCUT2D eigenvalue weighted by Crippen LogP contribution is 2.27. The molecule has 0 fully saturated rings. The van der Waals surface area contributed by atoms with Crippen LogP contribution in [0.3, 0.4) is 0 Å². The van der Waals surface area contributed by atoms with Crippen molar-refractivity contribution >= 4 is 35.1 Å².